The summed E-state index contributed by atoms with van der Waals surface area (Å²) in [7, 11) is 1.64. The average molecular weight is 264 g/mol. The molecule has 19 heavy (non-hydrogen) atoms. The smallest absolute Gasteiger partial charge is 0.238 e. The molecule has 1 aromatic carbocycles. The normalized spacial score (nSPS) is 11.4. The zero-order valence-electron chi connectivity index (χ0n) is 12.2. The van der Waals surface area contributed by atoms with E-state index >= 15 is 0 Å². The molecule has 0 unspecified atom stereocenters. The Kier molecular flexibility index (Phi) is 5.99. The van der Waals surface area contributed by atoms with Crippen LogP contribution in [0.2, 0.25) is 0 Å². The van der Waals surface area contributed by atoms with Crippen LogP contribution >= 0.6 is 0 Å². The van der Waals surface area contributed by atoms with Gasteiger partial charge in [0.1, 0.15) is 0 Å². The van der Waals surface area contributed by atoms with Gasteiger partial charge in [-0.1, -0.05) is 32.9 Å². The van der Waals surface area contributed by atoms with Crippen molar-refractivity contribution in [3.8, 4) is 0 Å². The minimum Gasteiger partial charge on any atom is -0.383 e. The highest BCUT2D eigenvalue weighted by atomic mass is 16.5. The Morgan fingerprint density at radius 3 is 2.37 bits per heavy atom. The molecule has 4 heteroatoms. The average Bonchev–Trinajstić information content (AvgIpc) is 2.34. The number of ether oxygens (including phenoxy) is 1. The standard InChI is InChI=1S/C15H24N2O2/c1-15(2,3)12-5-7-13(8-6-12)17-14(18)11-16-9-10-19-4/h5-8,16H,9-11H2,1-4H3,(H,17,18). The molecule has 1 amide bonds. The summed E-state index contributed by atoms with van der Waals surface area (Å²) in [6.07, 6.45) is 0. The molecule has 0 aliphatic carbocycles. The van der Waals surface area contributed by atoms with Crippen LogP contribution < -0.4 is 10.6 Å². The highest BCUT2D eigenvalue weighted by Crippen LogP contribution is 2.23. The highest BCUT2D eigenvalue weighted by molar-refractivity contribution is 5.92. The van der Waals surface area contributed by atoms with Crippen molar-refractivity contribution in [3.05, 3.63) is 29.8 Å². The maximum atomic E-state index is 11.6. The van der Waals surface area contributed by atoms with Gasteiger partial charge in [0.25, 0.3) is 0 Å². The molecule has 0 spiro atoms. The summed E-state index contributed by atoms with van der Waals surface area (Å²) >= 11 is 0. The molecule has 1 rings (SSSR count). The van der Waals surface area contributed by atoms with Gasteiger partial charge in [0.05, 0.1) is 13.2 Å². The van der Waals surface area contributed by atoms with E-state index in [-0.39, 0.29) is 11.3 Å². The van der Waals surface area contributed by atoms with Crippen molar-refractivity contribution >= 4 is 11.6 Å². The van der Waals surface area contributed by atoms with Gasteiger partial charge in [-0.15, -0.1) is 0 Å². The van der Waals surface area contributed by atoms with Crippen molar-refractivity contribution in [1.29, 1.82) is 0 Å². The molecule has 0 aliphatic rings. The summed E-state index contributed by atoms with van der Waals surface area (Å²) in [5.41, 5.74) is 2.21. The molecule has 2 N–H and O–H groups in total. The summed E-state index contributed by atoms with van der Waals surface area (Å²) in [6, 6.07) is 7.98. The van der Waals surface area contributed by atoms with Gasteiger partial charge in [-0.2, -0.15) is 0 Å². The second-order valence-electron chi connectivity index (χ2n) is 5.55. The zero-order chi connectivity index (χ0) is 14.3. The number of hydrogen-bond donors (Lipinski definition) is 2. The van der Waals surface area contributed by atoms with E-state index in [1.165, 1.54) is 5.56 Å². The molecule has 0 aromatic heterocycles. The number of hydrogen-bond acceptors (Lipinski definition) is 3. The molecule has 0 bridgehead atoms. The number of carbonyl (C=O) groups is 1. The lowest BCUT2D eigenvalue weighted by Crippen LogP contribution is -2.30. The second-order valence-corrected chi connectivity index (χ2v) is 5.55. The molecule has 0 saturated heterocycles. The van der Waals surface area contributed by atoms with Crippen LogP contribution in [0, 0.1) is 0 Å². The highest BCUT2D eigenvalue weighted by Gasteiger charge is 2.13. The van der Waals surface area contributed by atoms with E-state index in [9.17, 15) is 4.79 Å². The molecular weight excluding hydrogens is 240 g/mol. The van der Waals surface area contributed by atoms with Crippen molar-refractivity contribution in [3.63, 3.8) is 0 Å². The molecule has 0 atom stereocenters. The van der Waals surface area contributed by atoms with Gasteiger partial charge < -0.3 is 15.4 Å². The van der Waals surface area contributed by atoms with Crippen LogP contribution in [-0.2, 0) is 14.9 Å². The number of nitrogens with one attached hydrogen (secondary N) is 2. The predicted octanol–water partition coefficient (Wildman–Crippen LogP) is 2.16. The van der Waals surface area contributed by atoms with E-state index in [1.807, 2.05) is 24.3 Å². The van der Waals surface area contributed by atoms with Gasteiger partial charge >= 0.3 is 0 Å². The number of anilines is 1. The first-order chi connectivity index (χ1) is 8.93. The third kappa shape index (κ3) is 5.85. The maximum Gasteiger partial charge on any atom is 0.238 e. The topological polar surface area (TPSA) is 50.4 Å². The van der Waals surface area contributed by atoms with Gasteiger partial charge in [-0.3, -0.25) is 4.79 Å². The van der Waals surface area contributed by atoms with Crippen LogP contribution in [0.15, 0.2) is 24.3 Å². The van der Waals surface area contributed by atoms with Crippen LogP contribution in [0.1, 0.15) is 26.3 Å². The number of rotatable bonds is 6. The molecule has 1 aromatic rings. The van der Waals surface area contributed by atoms with Crippen LogP contribution in [0.5, 0.6) is 0 Å². The first kappa shape index (κ1) is 15.7. The fourth-order valence-electron chi connectivity index (χ4n) is 1.63. The first-order valence-corrected chi connectivity index (χ1v) is 6.53. The van der Waals surface area contributed by atoms with Crippen molar-refractivity contribution in [2.24, 2.45) is 0 Å². The van der Waals surface area contributed by atoms with Gasteiger partial charge in [0.15, 0.2) is 0 Å². The number of carbonyl (C=O) groups excluding carboxylic acids is 1. The monoisotopic (exact) mass is 264 g/mol. The maximum absolute atomic E-state index is 11.6. The van der Waals surface area contributed by atoms with Crippen molar-refractivity contribution in [1.82, 2.24) is 5.32 Å². The third-order valence-corrected chi connectivity index (χ3v) is 2.80. The summed E-state index contributed by atoms with van der Waals surface area (Å²) in [6.45, 7) is 8.08. The summed E-state index contributed by atoms with van der Waals surface area (Å²) in [5, 5.41) is 5.86. The Balaban J connectivity index is 2.43. The molecule has 0 radical (unpaired) electrons. The zero-order valence-corrected chi connectivity index (χ0v) is 12.2. The van der Waals surface area contributed by atoms with E-state index in [0.29, 0.717) is 19.7 Å². The van der Waals surface area contributed by atoms with E-state index in [1.54, 1.807) is 7.11 Å². The van der Waals surface area contributed by atoms with E-state index in [0.717, 1.165) is 5.69 Å². The van der Waals surface area contributed by atoms with Crippen molar-refractivity contribution in [2.45, 2.75) is 26.2 Å². The molecule has 4 nitrogen and oxygen atoms in total. The van der Waals surface area contributed by atoms with Gasteiger partial charge in [-0.25, -0.2) is 0 Å². The summed E-state index contributed by atoms with van der Waals surface area (Å²) < 4.78 is 4.89. The Hall–Kier alpha value is -1.39. The predicted molar refractivity (Wildman–Crippen MR) is 78.5 cm³/mol. The Bertz CT molecular complexity index is 394. The molecule has 0 saturated carbocycles. The number of amides is 1. The van der Waals surface area contributed by atoms with Crippen LogP contribution in [0.3, 0.4) is 0 Å². The number of benzene rings is 1. The quantitative estimate of drug-likeness (QED) is 0.774. The lowest BCUT2D eigenvalue weighted by molar-refractivity contribution is -0.115. The Labute approximate surface area is 115 Å². The van der Waals surface area contributed by atoms with Gasteiger partial charge in [-0.05, 0) is 23.1 Å². The molecular formula is C15H24N2O2. The molecule has 0 aliphatic heterocycles. The fourth-order valence-corrected chi connectivity index (χ4v) is 1.63. The minimum absolute atomic E-state index is 0.0420. The molecule has 0 fully saturated rings. The van der Waals surface area contributed by atoms with Crippen molar-refractivity contribution in [2.75, 3.05) is 32.1 Å². The largest absolute Gasteiger partial charge is 0.383 e. The Morgan fingerprint density at radius 2 is 1.84 bits per heavy atom. The Morgan fingerprint density at radius 1 is 1.21 bits per heavy atom. The summed E-state index contributed by atoms with van der Waals surface area (Å²) in [5.74, 6) is -0.0420. The molecule has 106 valence electrons. The first-order valence-electron chi connectivity index (χ1n) is 6.53. The number of methoxy groups -OCH3 is 1. The minimum atomic E-state index is -0.0420. The lowest BCUT2D eigenvalue weighted by Gasteiger charge is -2.19. The van der Waals surface area contributed by atoms with Crippen LogP contribution in [-0.4, -0.2) is 32.7 Å². The van der Waals surface area contributed by atoms with Gasteiger partial charge in [0.2, 0.25) is 5.91 Å². The van der Waals surface area contributed by atoms with Crippen molar-refractivity contribution < 1.29 is 9.53 Å². The second kappa shape index (κ2) is 7.26. The summed E-state index contributed by atoms with van der Waals surface area (Å²) in [4.78, 5) is 11.6. The van der Waals surface area contributed by atoms with Gasteiger partial charge in [0, 0.05) is 19.3 Å². The van der Waals surface area contributed by atoms with E-state index < -0.39 is 0 Å². The fraction of sp³-hybridized carbons (Fsp3) is 0.533. The SMILES string of the molecule is COCCNCC(=O)Nc1ccc(C(C)(C)C)cc1. The lowest BCUT2D eigenvalue weighted by atomic mass is 9.87. The van der Waals surface area contributed by atoms with E-state index in [2.05, 4.69) is 31.4 Å². The third-order valence-electron chi connectivity index (χ3n) is 2.80. The van der Waals surface area contributed by atoms with E-state index in [4.69, 9.17) is 4.74 Å². The van der Waals surface area contributed by atoms with Crippen LogP contribution in [0.4, 0.5) is 5.69 Å². The van der Waals surface area contributed by atoms with Crippen LogP contribution in [0.25, 0.3) is 0 Å². The molecule has 0 heterocycles.